The maximum atomic E-state index is 11.4. The van der Waals surface area contributed by atoms with Crippen molar-refractivity contribution in [2.75, 3.05) is 25.1 Å². The third kappa shape index (κ3) is 4.84. The molecule has 0 bridgehead atoms. The standard InChI is InChI=1S/C12H16N2O4/c1-2-18-7-6-13-12(17)14-10-5-3-4-9(8-10)11(15)16/h3-5,8H,2,6-7H2,1H3,(H,15,16)(H2,13,14,17). The number of urea groups is 1. The fourth-order valence-electron chi connectivity index (χ4n) is 1.29. The molecule has 98 valence electrons. The van der Waals surface area contributed by atoms with Gasteiger partial charge in [0.1, 0.15) is 0 Å². The Kier molecular flexibility index (Phi) is 5.66. The molecule has 0 aliphatic carbocycles. The number of anilines is 1. The topological polar surface area (TPSA) is 87.7 Å². The highest BCUT2D eigenvalue weighted by atomic mass is 16.5. The number of nitrogens with one attached hydrogen (secondary N) is 2. The smallest absolute Gasteiger partial charge is 0.335 e. The van der Waals surface area contributed by atoms with Gasteiger partial charge < -0.3 is 20.5 Å². The van der Waals surface area contributed by atoms with E-state index in [9.17, 15) is 9.59 Å². The summed E-state index contributed by atoms with van der Waals surface area (Å²) in [5.74, 6) is -1.03. The van der Waals surface area contributed by atoms with Crippen LogP contribution in [0.1, 0.15) is 17.3 Å². The second-order valence-electron chi connectivity index (χ2n) is 3.46. The molecule has 0 saturated heterocycles. The molecule has 0 saturated carbocycles. The zero-order chi connectivity index (χ0) is 13.4. The number of hydrogen-bond acceptors (Lipinski definition) is 3. The molecule has 3 N–H and O–H groups in total. The third-order valence-corrected chi connectivity index (χ3v) is 2.10. The van der Waals surface area contributed by atoms with Crippen LogP contribution in [0.25, 0.3) is 0 Å². The van der Waals surface area contributed by atoms with Gasteiger partial charge in [-0.3, -0.25) is 0 Å². The molecule has 0 aliphatic heterocycles. The fourth-order valence-corrected chi connectivity index (χ4v) is 1.29. The molecular formula is C12H16N2O4. The molecule has 18 heavy (non-hydrogen) atoms. The van der Waals surface area contributed by atoms with E-state index in [0.29, 0.717) is 25.4 Å². The second kappa shape index (κ2) is 7.29. The Hall–Kier alpha value is -2.08. The van der Waals surface area contributed by atoms with Crippen molar-refractivity contribution in [3.05, 3.63) is 29.8 Å². The van der Waals surface area contributed by atoms with E-state index < -0.39 is 12.0 Å². The maximum Gasteiger partial charge on any atom is 0.335 e. The van der Waals surface area contributed by atoms with Crippen LogP contribution < -0.4 is 10.6 Å². The van der Waals surface area contributed by atoms with Gasteiger partial charge in [-0.1, -0.05) is 6.07 Å². The van der Waals surface area contributed by atoms with Crippen LogP contribution in [0.3, 0.4) is 0 Å². The van der Waals surface area contributed by atoms with Gasteiger partial charge in [0.2, 0.25) is 0 Å². The second-order valence-corrected chi connectivity index (χ2v) is 3.46. The Morgan fingerprint density at radius 2 is 2.17 bits per heavy atom. The van der Waals surface area contributed by atoms with Gasteiger partial charge in [0.15, 0.2) is 0 Å². The Balaban J connectivity index is 2.44. The van der Waals surface area contributed by atoms with E-state index in [2.05, 4.69) is 10.6 Å². The molecule has 0 fully saturated rings. The average molecular weight is 252 g/mol. The predicted molar refractivity (Wildman–Crippen MR) is 66.9 cm³/mol. The van der Waals surface area contributed by atoms with Gasteiger partial charge in [-0.05, 0) is 25.1 Å². The third-order valence-electron chi connectivity index (χ3n) is 2.10. The number of carbonyl (C=O) groups excluding carboxylic acids is 1. The van der Waals surface area contributed by atoms with Gasteiger partial charge in [0.25, 0.3) is 0 Å². The van der Waals surface area contributed by atoms with Gasteiger partial charge in [-0.25, -0.2) is 9.59 Å². The van der Waals surface area contributed by atoms with Gasteiger partial charge in [0.05, 0.1) is 12.2 Å². The minimum atomic E-state index is -1.03. The molecule has 2 amide bonds. The fraction of sp³-hybridized carbons (Fsp3) is 0.333. The first-order valence-electron chi connectivity index (χ1n) is 5.59. The van der Waals surface area contributed by atoms with E-state index in [0.717, 1.165) is 0 Å². The lowest BCUT2D eigenvalue weighted by Crippen LogP contribution is -2.31. The molecule has 0 radical (unpaired) electrons. The Labute approximate surface area is 105 Å². The first-order valence-corrected chi connectivity index (χ1v) is 5.59. The Morgan fingerprint density at radius 3 is 2.83 bits per heavy atom. The number of amides is 2. The van der Waals surface area contributed by atoms with Crippen LogP contribution in [0.4, 0.5) is 10.5 Å². The van der Waals surface area contributed by atoms with E-state index >= 15 is 0 Å². The number of ether oxygens (including phenoxy) is 1. The number of carboxylic acids is 1. The van der Waals surface area contributed by atoms with Crippen molar-refractivity contribution in [3.63, 3.8) is 0 Å². The summed E-state index contributed by atoms with van der Waals surface area (Å²) in [7, 11) is 0. The molecule has 6 heteroatoms. The van der Waals surface area contributed by atoms with E-state index in [1.807, 2.05) is 6.92 Å². The Morgan fingerprint density at radius 1 is 1.39 bits per heavy atom. The first kappa shape index (κ1) is 14.0. The zero-order valence-electron chi connectivity index (χ0n) is 10.1. The normalized spacial score (nSPS) is 9.83. The highest BCUT2D eigenvalue weighted by Crippen LogP contribution is 2.10. The van der Waals surface area contributed by atoms with Crippen molar-refractivity contribution in [1.82, 2.24) is 5.32 Å². The predicted octanol–water partition coefficient (Wildman–Crippen LogP) is 1.54. The largest absolute Gasteiger partial charge is 0.478 e. The van der Waals surface area contributed by atoms with E-state index in [-0.39, 0.29) is 5.56 Å². The Bertz CT molecular complexity index is 420. The van der Waals surface area contributed by atoms with Crippen LogP contribution in [-0.2, 0) is 4.74 Å². The van der Waals surface area contributed by atoms with E-state index in [4.69, 9.17) is 9.84 Å². The SMILES string of the molecule is CCOCCNC(=O)Nc1cccc(C(=O)O)c1. The van der Waals surface area contributed by atoms with Gasteiger partial charge in [-0.15, -0.1) is 0 Å². The van der Waals surface area contributed by atoms with Crippen LogP contribution >= 0.6 is 0 Å². The molecule has 0 aliphatic rings. The number of rotatable bonds is 6. The molecule has 6 nitrogen and oxygen atoms in total. The van der Waals surface area contributed by atoms with Crippen molar-refractivity contribution < 1.29 is 19.4 Å². The summed E-state index contributed by atoms with van der Waals surface area (Å²) in [6.07, 6.45) is 0. The number of aromatic carboxylic acids is 1. The van der Waals surface area contributed by atoms with Gasteiger partial charge in [-0.2, -0.15) is 0 Å². The molecule has 1 aromatic rings. The minimum absolute atomic E-state index is 0.127. The molecule has 1 aromatic carbocycles. The van der Waals surface area contributed by atoms with Gasteiger partial charge in [0, 0.05) is 18.8 Å². The van der Waals surface area contributed by atoms with Crippen molar-refractivity contribution in [2.45, 2.75) is 6.92 Å². The summed E-state index contributed by atoms with van der Waals surface area (Å²) in [4.78, 5) is 22.2. The lowest BCUT2D eigenvalue weighted by atomic mass is 10.2. The monoisotopic (exact) mass is 252 g/mol. The number of benzene rings is 1. The summed E-state index contributed by atoms with van der Waals surface area (Å²) >= 11 is 0. The van der Waals surface area contributed by atoms with Crippen molar-refractivity contribution in [3.8, 4) is 0 Å². The van der Waals surface area contributed by atoms with Crippen molar-refractivity contribution in [2.24, 2.45) is 0 Å². The number of carboxylic acid groups (broad SMARTS) is 1. The van der Waals surface area contributed by atoms with Crippen LogP contribution in [0.15, 0.2) is 24.3 Å². The maximum absolute atomic E-state index is 11.4. The van der Waals surface area contributed by atoms with Crippen LogP contribution in [0.5, 0.6) is 0 Å². The molecule has 0 unspecified atom stereocenters. The van der Waals surface area contributed by atoms with Crippen LogP contribution in [-0.4, -0.2) is 36.9 Å². The van der Waals surface area contributed by atoms with Crippen LogP contribution in [0.2, 0.25) is 0 Å². The summed E-state index contributed by atoms with van der Waals surface area (Å²) in [5.41, 5.74) is 0.561. The van der Waals surface area contributed by atoms with Crippen LogP contribution in [0, 0.1) is 0 Å². The zero-order valence-corrected chi connectivity index (χ0v) is 10.1. The van der Waals surface area contributed by atoms with E-state index in [1.54, 1.807) is 12.1 Å². The minimum Gasteiger partial charge on any atom is -0.478 e. The number of carbonyl (C=O) groups is 2. The first-order chi connectivity index (χ1) is 8.63. The number of hydrogen-bond donors (Lipinski definition) is 3. The molecule has 0 aromatic heterocycles. The lowest BCUT2D eigenvalue weighted by Gasteiger charge is -2.08. The van der Waals surface area contributed by atoms with Gasteiger partial charge >= 0.3 is 12.0 Å². The highest BCUT2D eigenvalue weighted by Gasteiger charge is 2.05. The summed E-state index contributed by atoms with van der Waals surface area (Å²) < 4.78 is 5.06. The molecule has 1 rings (SSSR count). The van der Waals surface area contributed by atoms with Crippen molar-refractivity contribution in [1.29, 1.82) is 0 Å². The molecular weight excluding hydrogens is 236 g/mol. The molecule has 0 atom stereocenters. The molecule has 0 spiro atoms. The molecule has 0 heterocycles. The lowest BCUT2D eigenvalue weighted by molar-refractivity contribution is 0.0697. The summed E-state index contributed by atoms with van der Waals surface area (Å²) in [5, 5.41) is 13.9. The van der Waals surface area contributed by atoms with E-state index in [1.165, 1.54) is 12.1 Å². The summed E-state index contributed by atoms with van der Waals surface area (Å²) in [6.45, 7) is 3.32. The summed E-state index contributed by atoms with van der Waals surface area (Å²) in [6, 6.07) is 5.65. The quantitative estimate of drug-likeness (QED) is 0.670. The van der Waals surface area contributed by atoms with Crippen molar-refractivity contribution >= 4 is 17.7 Å². The highest BCUT2D eigenvalue weighted by molar-refractivity contribution is 5.93. The average Bonchev–Trinajstić information content (AvgIpc) is 2.35.